The first-order valence-electron chi connectivity index (χ1n) is 11.9. The third-order valence-electron chi connectivity index (χ3n) is 5.64. The van der Waals surface area contributed by atoms with Crippen molar-refractivity contribution >= 4 is 21.4 Å². The van der Waals surface area contributed by atoms with Crippen molar-refractivity contribution in [3.8, 4) is 28.4 Å². The third kappa shape index (κ3) is 7.61. The Bertz CT molecular complexity index is 1550. The molecule has 202 valence electrons. The number of alkyl halides is 3. The van der Waals surface area contributed by atoms with Gasteiger partial charge >= 0.3 is 6.36 Å². The Hall–Kier alpha value is -4.31. The molecule has 0 unspecified atom stereocenters. The largest absolute Gasteiger partial charge is 0.573 e. The number of amides is 1. The van der Waals surface area contributed by atoms with E-state index < -0.39 is 21.9 Å². The molecule has 0 heterocycles. The normalized spacial score (nSPS) is 11.6. The summed E-state index contributed by atoms with van der Waals surface area (Å²) in [4.78, 5) is 12.9. The van der Waals surface area contributed by atoms with Gasteiger partial charge in [-0.3, -0.25) is 4.79 Å². The predicted octanol–water partition coefficient (Wildman–Crippen LogP) is 7.02. The number of hydrogen-bond acceptors (Lipinski definition) is 5. The zero-order chi connectivity index (χ0) is 28.0. The highest BCUT2D eigenvalue weighted by atomic mass is 32.2. The summed E-state index contributed by atoms with van der Waals surface area (Å²) in [6.45, 7) is 1.56. The fourth-order valence-electron chi connectivity index (χ4n) is 3.77. The van der Waals surface area contributed by atoms with Gasteiger partial charge < -0.3 is 14.8 Å². The van der Waals surface area contributed by atoms with Gasteiger partial charge in [-0.05, 0) is 47.5 Å². The SMILES string of the molecule is CCS(=O)(=O)c1ccc(CC(=O)Nc2ccc(-c3ccccc3)c(Oc3cccc(OC(F)(F)F)c3)c2)cc1. The van der Waals surface area contributed by atoms with Crippen molar-refractivity contribution < 1.29 is 35.9 Å². The van der Waals surface area contributed by atoms with Crippen LogP contribution in [-0.2, 0) is 21.1 Å². The second-order valence-corrected chi connectivity index (χ2v) is 10.8. The lowest BCUT2D eigenvalue weighted by molar-refractivity contribution is -0.274. The standard InChI is InChI=1S/C29H24F3NO5S/c1-2-39(35,36)25-14-11-20(12-15-25)17-28(34)33-22-13-16-26(21-7-4-3-5-8-21)27(18-22)37-23-9-6-10-24(19-23)38-29(30,31)32/h3-16,18-19H,2,17H2,1H3,(H,33,34). The van der Waals surface area contributed by atoms with Crippen LogP contribution >= 0.6 is 0 Å². The molecule has 0 saturated heterocycles. The number of sulfone groups is 1. The summed E-state index contributed by atoms with van der Waals surface area (Å²) >= 11 is 0. The van der Waals surface area contributed by atoms with Gasteiger partial charge in [0.2, 0.25) is 5.91 Å². The molecule has 0 spiro atoms. The minimum Gasteiger partial charge on any atom is -0.457 e. The van der Waals surface area contributed by atoms with E-state index in [-0.39, 0.29) is 28.7 Å². The van der Waals surface area contributed by atoms with Crippen LogP contribution in [0.3, 0.4) is 0 Å². The monoisotopic (exact) mass is 555 g/mol. The molecular weight excluding hydrogens is 531 g/mol. The smallest absolute Gasteiger partial charge is 0.457 e. The molecule has 0 radical (unpaired) electrons. The quantitative estimate of drug-likeness (QED) is 0.240. The molecule has 4 aromatic rings. The van der Waals surface area contributed by atoms with Crippen molar-refractivity contribution in [2.75, 3.05) is 11.1 Å². The number of carbonyl (C=O) groups excluding carboxylic acids is 1. The van der Waals surface area contributed by atoms with E-state index in [1.54, 1.807) is 37.3 Å². The first kappa shape index (κ1) is 27.7. The summed E-state index contributed by atoms with van der Waals surface area (Å²) in [6.07, 6.45) is -4.84. The Balaban J connectivity index is 1.56. The molecule has 4 rings (SSSR count). The number of carbonyl (C=O) groups is 1. The molecule has 6 nitrogen and oxygen atoms in total. The zero-order valence-corrected chi connectivity index (χ0v) is 21.6. The van der Waals surface area contributed by atoms with Crippen LogP contribution in [0.5, 0.6) is 17.2 Å². The van der Waals surface area contributed by atoms with Gasteiger partial charge in [-0.15, -0.1) is 13.2 Å². The number of benzene rings is 4. The fourth-order valence-corrected chi connectivity index (χ4v) is 4.66. The Morgan fingerprint density at radius 2 is 1.54 bits per heavy atom. The van der Waals surface area contributed by atoms with E-state index in [9.17, 15) is 26.4 Å². The van der Waals surface area contributed by atoms with E-state index in [1.165, 1.54) is 30.3 Å². The molecule has 0 aliphatic heterocycles. The molecule has 39 heavy (non-hydrogen) atoms. The summed E-state index contributed by atoms with van der Waals surface area (Å²) < 4.78 is 72.0. The summed E-state index contributed by atoms with van der Waals surface area (Å²) in [6, 6.07) is 25.5. The van der Waals surface area contributed by atoms with Crippen molar-refractivity contribution in [1.82, 2.24) is 0 Å². The molecule has 0 saturated carbocycles. The van der Waals surface area contributed by atoms with E-state index in [1.807, 2.05) is 30.3 Å². The first-order valence-corrected chi connectivity index (χ1v) is 13.5. The number of ether oxygens (including phenoxy) is 2. The number of nitrogens with one attached hydrogen (secondary N) is 1. The third-order valence-corrected chi connectivity index (χ3v) is 7.39. The average Bonchev–Trinajstić information content (AvgIpc) is 2.89. The van der Waals surface area contributed by atoms with Crippen LogP contribution < -0.4 is 14.8 Å². The lowest BCUT2D eigenvalue weighted by atomic mass is 10.0. The number of halogens is 3. The summed E-state index contributed by atoms with van der Waals surface area (Å²) in [5.41, 5.74) is 2.49. The Kier molecular flexibility index (Phi) is 8.25. The van der Waals surface area contributed by atoms with E-state index in [2.05, 4.69) is 10.1 Å². The number of anilines is 1. The van der Waals surface area contributed by atoms with Gasteiger partial charge in [-0.25, -0.2) is 8.42 Å². The van der Waals surface area contributed by atoms with Crippen LogP contribution in [0.1, 0.15) is 12.5 Å². The second-order valence-electron chi connectivity index (χ2n) is 8.47. The molecule has 1 amide bonds. The van der Waals surface area contributed by atoms with E-state index in [0.717, 1.165) is 11.6 Å². The minimum absolute atomic E-state index is 0.0000930. The molecule has 0 atom stereocenters. The van der Waals surface area contributed by atoms with Crippen molar-refractivity contribution in [3.05, 3.63) is 103 Å². The minimum atomic E-state index is -4.84. The van der Waals surface area contributed by atoms with Gasteiger partial charge in [-0.2, -0.15) is 0 Å². The van der Waals surface area contributed by atoms with Crippen molar-refractivity contribution in [2.24, 2.45) is 0 Å². The van der Waals surface area contributed by atoms with Crippen LogP contribution in [0.2, 0.25) is 0 Å². The van der Waals surface area contributed by atoms with Gasteiger partial charge in [0.1, 0.15) is 17.2 Å². The lowest BCUT2D eigenvalue weighted by Crippen LogP contribution is -2.17. The van der Waals surface area contributed by atoms with E-state index in [0.29, 0.717) is 22.6 Å². The molecule has 0 aliphatic rings. The van der Waals surface area contributed by atoms with Crippen molar-refractivity contribution in [1.29, 1.82) is 0 Å². The summed E-state index contributed by atoms with van der Waals surface area (Å²) in [5.74, 6) is -0.379. The molecule has 4 aromatic carbocycles. The second kappa shape index (κ2) is 11.6. The highest BCUT2D eigenvalue weighted by molar-refractivity contribution is 7.91. The molecule has 0 fully saturated rings. The maximum Gasteiger partial charge on any atom is 0.573 e. The average molecular weight is 556 g/mol. The Morgan fingerprint density at radius 3 is 2.21 bits per heavy atom. The van der Waals surface area contributed by atoms with Crippen LogP contribution in [0.4, 0.5) is 18.9 Å². The topological polar surface area (TPSA) is 81.7 Å². The van der Waals surface area contributed by atoms with Crippen LogP contribution in [0.15, 0.2) is 102 Å². The first-order chi connectivity index (χ1) is 18.5. The van der Waals surface area contributed by atoms with Crippen molar-refractivity contribution in [3.63, 3.8) is 0 Å². The van der Waals surface area contributed by atoms with Gasteiger partial charge in [0.05, 0.1) is 17.1 Å². The molecule has 1 N–H and O–H groups in total. The van der Waals surface area contributed by atoms with Crippen LogP contribution in [0.25, 0.3) is 11.1 Å². The molecule has 0 bridgehead atoms. The van der Waals surface area contributed by atoms with Gasteiger partial charge in [0, 0.05) is 23.4 Å². The summed E-state index contributed by atoms with van der Waals surface area (Å²) in [5, 5.41) is 2.78. The zero-order valence-electron chi connectivity index (χ0n) is 20.7. The Morgan fingerprint density at radius 1 is 0.846 bits per heavy atom. The molecule has 10 heteroatoms. The molecule has 0 aromatic heterocycles. The molecular formula is C29H24F3NO5S. The highest BCUT2D eigenvalue weighted by Crippen LogP contribution is 2.37. The maximum absolute atomic E-state index is 12.7. The molecule has 0 aliphatic carbocycles. The maximum atomic E-state index is 12.7. The lowest BCUT2D eigenvalue weighted by Gasteiger charge is -2.15. The summed E-state index contributed by atoms with van der Waals surface area (Å²) in [7, 11) is -3.34. The Labute approximate surface area is 223 Å². The fraction of sp³-hybridized carbons (Fsp3) is 0.138. The van der Waals surface area contributed by atoms with E-state index in [4.69, 9.17) is 4.74 Å². The number of hydrogen-bond donors (Lipinski definition) is 1. The predicted molar refractivity (Wildman–Crippen MR) is 142 cm³/mol. The van der Waals surface area contributed by atoms with Crippen LogP contribution in [0, 0.1) is 0 Å². The van der Waals surface area contributed by atoms with Gasteiger partial charge in [0.15, 0.2) is 9.84 Å². The number of rotatable bonds is 9. The van der Waals surface area contributed by atoms with Crippen LogP contribution in [-0.4, -0.2) is 26.4 Å². The van der Waals surface area contributed by atoms with E-state index >= 15 is 0 Å². The van der Waals surface area contributed by atoms with Crippen molar-refractivity contribution in [2.45, 2.75) is 24.6 Å². The highest BCUT2D eigenvalue weighted by Gasteiger charge is 2.31. The van der Waals surface area contributed by atoms with Gasteiger partial charge in [0.25, 0.3) is 0 Å². The van der Waals surface area contributed by atoms with Gasteiger partial charge in [-0.1, -0.05) is 55.5 Å².